The van der Waals surface area contributed by atoms with Crippen LogP contribution in [0.3, 0.4) is 0 Å². The summed E-state index contributed by atoms with van der Waals surface area (Å²) in [6.45, 7) is 5.50. The standard InChI is InChI=1S/C13H23N3/c1-3-9(2)16-12(14)15-8-13(16)7-10-4-5-11(13)6-10/h9-11H,3-8H2,1-2H3,(H2,14,15). The summed E-state index contributed by atoms with van der Waals surface area (Å²) in [4.78, 5) is 7.03. The van der Waals surface area contributed by atoms with Crippen molar-refractivity contribution in [3.8, 4) is 0 Å². The van der Waals surface area contributed by atoms with Crippen molar-refractivity contribution in [2.75, 3.05) is 6.54 Å². The summed E-state index contributed by atoms with van der Waals surface area (Å²) in [6.07, 6.45) is 6.78. The van der Waals surface area contributed by atoms with Gasteiger partial charge in [-0.2, -0.15) is 0 Å². The van der Waals surface area contributed by atoms with Gasteiger partial charge in [0.05, 0.1) is 12.1 Å². The first-order chi connectivity index (χ1) is 7.67. The average Bonchev–Trinajstić information content (AvgIpc) is 2.94. The van der Waals surface area contributed by atoms with Crippen molar-refractivity contribution in [1.29, 1.82) is 0 Å². The molecule has 0 saturated heterocycles. The fraction of sp³-hybridized carbons (Fsp3) is 0.923. The third-order valence-electron chi connectivity index (χ3n) is 5.22. The van der Waals surface area contributed by atoms with Crippen molar-refractivity contribution in [2.24, 2.45) is 22.6 Å². The van der Waals surface area contributed by atoms with Gasteiger partial charge in [-0.15, -0.1) is 0 Å². The first kappa shape index (κ1) is 10.4. The highest BCUT2D eigenvalue weighted by molar-refractivity contribution is 5.81. The molecule has 1 heterocycles. The first-order valence-corrected chi connectivity index (χ1v) is 6.76. The molecule has 0 aromatic carbocycles. The molecule has 4 unspecified atom stereocenters. The van der Waals surface area contributed by atoms with E-state index in [1.807, 2.05) is 0 Å². The molecule has 16 heavy (non-hydrogen) atoms. The monoisotopic (exact) mass is 221 g/mol. The predicted octanol–water partition coefficient (Wildman–Crippen LogP) is 1.97. The van der Waals surface area contributed by atoms with Crippen LogP contribution in [0.1, 0.15) is 46.0 Å². The summed E-state index contributed by atoms with van der Waals surface area (Å²) in [5.74, 6) is 2.62. The van der Waals surface area contributed by atoms with Crippen LogP contribution in [-0.2, 0) is 0 Å². The summed E-state index contributed by atoms with van der Waals surface area (Å²) < 4.78 is 0. The largest absolute Gasteiger partial charge is 0.370 e. The predicted molar refractivity (Wildman–Crippen MR) is 66.3 cm³/mol. The molecular weight excluding hydrogens is 198 g/mol. The van der Waals surface area contributed by atoms with E-state index in [1.54, 1.807) is 0 Å². The highest BCUT2D eigenvalue weighted by Gasteiger charge is 2.57. The third-order valence-corrected chi connectivity index (χ3v) is 5.22. The molecule has 1 spiro atoms. The Morgan fingerprint density at radius 2 is 2.38 bits per heavy atom. The molecule has 3 nitrogen and oxygen atoms in total. The van der Waals surface area contributed by atoms with Gasteiger partial charge < -0.3 is 10.6 Å². The summed E-state index contributed by atoms with van der Waals surface area (Å²) in [6, 6.07) is 0.547. The maximum atomic E-state index is 6.12. The van der Waals surface area contributed by atoms with Gasteiger partial charge in [-0.1, -0.05) is 6.92 Å². The molecule has 4 atom stereocenters. The molecule has 90 valence electrons. The van der Waals surface area contributed by atoms with Gasteiger partial charge in [0, 0.05) is 6.04 Å². The van der Waals surface area contributed by atoms with Crippen LogP contribution in [0.2, 0.25) is 0 Å². The van der Waals surface area contributed by atoms with Crippen molar-refractivity contribution < 1.29 is 0 Å². The van der Waals surface area contributed by atoms with Crippen molar-refractivity contribution in [3.05, 3.63) is 0 Å². The minimum Gasteiger partial charge on any atom is -0.370 e. The molecule has 3 heteroatoms. The lowest BCUT2D eigenvalue weighted by Gasteiger charge is -2.45. The first-order valence-electron chi connectivity index (χ1n) is 6.76. The number of nitrogens with two attached hydrogens (primary N) is 1. The van der Waals surface area contributed by atoms with Gasteiger partial charge in [-0.05, 0) is 50.9 Å². The molecular formula is C13H23N3. The number of rotatable bonds is 2. The molecule has 3 rings (SSSR count). The van der Waals surface area contributed by atoms with Crippen molar-refractivity contribution in [3.63, 3.8) is 0 Å². The zero-order valence-corrected chi connectivity index (χ0v) is 10.4. The van der Waals surface area contributed by atoms with Crippen LogP contribution in [0.4, 0.5) is 0 Å². The van der Waals surface area contributed by atoms with Gasteiger partial charge in [-0.25, -0.2) is 0 Å². The van der Waals surface area contributed by atoms with Gasteiger partial charge in [0.1, 0.15) is 0 Å². The minimum absolute atomic E-state index is 0.322. The van der Waals surface area contributed by atoms with Crippen LogP contribution in [0.25, 0.3) is 0 Å². The second kappa shape index (κ2) is 3.38. The van der Waals surface area contributed by atoms with E-state index in [2.05, 4.69) is 23.7 Å². The van der Waals surface area contributed by atoms with E-state index in [4.69, 9.17) is 5.73 Å². The minimum atomic E-state index is 0.322. The highest BCUT2D eigenvalue weighted by Crippen LogP contribution is 2.55. The molecule has 2 fully saturated rings. The smallest absolute Gasteiger partial charge is 0.192 e. The average molecular weight is 221 g/mol. The zero-order valence-electron chi connectivity index (χ0n) is 10.4. The number of guanidine groups is 1. The SMILES string of the molecule is CCC(C)N1C(N)=NCC12CC1CCC2C1. The number of hydrogen-bond acceptors (Lipinski definition) is 3. The third kappa shape index (κ3) is 1.17. The fourth-order valence-electron chi connectivity index (χ4n) is 4.35. The van der Waals surface area contributed by atoms with E-state index in [1.165, 1.54) is 25.7 Å². The van der Waals surface area contributed by atoms with E-state index >= 15 is 0 Å². The lowest BCUT2D eigenvalue weighted by Crippen LogP contribution is -2.58. The molecule has 3 aliphatic rings. The Bertz CT molecular complexity index is 325. The van der Waals surface area contributed by atoms with E-state index in [0.717, 1.165) is 30.8 Å². The van der Waals surface area contributed by atoms with Crippen molar-refractivity contribution in [2.45, 2.75) is 57.5 Å². The Labute approximate surface area is 98.1 Å². The fourth-order valence-corrected chi connectivity index (χ4v) is 4.35. The second-order valence-corrected chi connectivity index (χ2v) is 5.99. The summed E-state index contributed by atoms with van der Waals surface area (Å²) in [7, 11) is 0. The highest BCUT2D eigenvalue weighted by atomic mass is 15.4. The molecule has 2 aliphatic carbocycles. The maximum Gasteiger partial charge on any atom is 0.192 e. The van der Waals surface area contributed by atoms with Gasteiger partial charge in [0.15, 0.2) is 5.96 Å². The van der Waals surface area contributed by atoms with Crippen LogP contribution in [0, 0.1) is 11.8 Å². The number of fused-ring (bicyclic) bond motifs is 3. The molecule has 2 bridgehead atoms. The van der Waals surface area contributed by atoms with Gasteiger partial charge in [0.2, 0.25) is 0 Å². The van der Waals surface area contributed by atoms with Crippen molar-refractivity contribution >= 4 is 5.96 Å². The molecule has 0 radical (unpaired) electrons. The molecule has 2 N–H and O–H groups in total. The lowest BCUT2D eigenvalue weighted by atomic mass is 9.79. The number of hydrogen-bond donors (Lipinski definition) is 1. The number of aliphatic imine (C=N–C) groups is 1. The Kier molecular flexibility index (Phi) is 2.20. The molecule has 1 aliphatic heterocycles. The second-order valence-electron chi connectivity index (χ2n) is 5.99. The number of nitrogens with zero attached hydrogens (tertiary/aromatic N) is 2. The Balaban J connectivity index is 1.91. The Morgan fingerprint density at radius 1 is 1.56 bits per heavy atom. The normalized spacial score (nSPS) is 43.1. The molecule has 0 aromatic heterocycles. The van der Waals surface area contributed by atoms with Gasteiger partial charge in [-0.3, -0.25) is 4.99 Å². The van der Waals surface area contributed by atoms with Crippen LogP contribution in [-0.4, -0.2) is 29.0 Å². The van der Waals surface area contributed by atoms with E-state index in [-0.39, 0.29) is 0 Å². The van der Waals surface area contributed by atoms with Crippen LogP contribution in [0.15, 0.2) is 4.99 Å². The lowest BCUT2D eigenvalue weighted by molar-refractivity contribution is 0.0903. The van der Waals surface area contributed by atoms with E-state index < -0.39 is 0 Å². The molecule has 0 amide bonds. The topological polar surface area (TPSA) is 41.6 Å². The molecule has 2 saturated carbocycles. The molecule has 0 aromatic rings. The van der Waals surface area contributed by atoms with Crippen LogP contribution >= 0.6 is 0 Å². The Morgan fingerprint density at radius 3 is 2.94 bits per heavy atom. The summed E-state index contributed by atoms with van der Waals surface area (Å²) >= 11 is 0. The van der Waals surface area contributed by atoms with Gasteiger partial charge >= 0.3 is 0 Å². The van der Waals surface area contributed by atoms with Gasteiger partial charge in [0.25, 0.3) is 0 Å². The summed E-state index contributed by atoms with van der Waals surface area (Å²) in [5, 5.41) is 0. The van der Waals surface area contributed by atoms with Crippen LogP contribution in [0.5, 0.6) is 0 Å². The van der Waals surface area contributed by atoms with Crippen molar-refractivity contribution in [1.82, 2.24) is 4.90 Å². The van der Waals surface area contributed by atoms with Crippen LogP contribution < -0.4 is 5.73 Å². The van der Waals surface area contributed by atoms with E-state index in [0.29, 0.717) is 11.6 Å². The van der Waals surface area contributed by atoms with E-state index in [9.17, 15) is 0 Å². The quantitative estimate of drug-likeness (QED) is 0.774. The zero-order chi connectivity index (χ0) is 11.3. The Hall–Kier alpha value is -0.730. The summed E-state index contributed by atoms with van der Waals surface area (Å²) in [5.41, 5.74) is 6.44. The maximum absolute atomic E-state index is 6.12.